The number of rotatable bonds is 3. The first-order valence-electron chi connectivity index (χ1n) is 4.67. The molecule has 0 atom stereocenters. The second-order valence-electron chi connectivity index (χ2n) is 3.11. The van der Waals surface area contributed by atoms with Crippen LogP contribution in [0.5, 0.6) is 0 Å². The molecule has 2 rings (SSSR count). The summed E-state index contributed by atoms with van der Waals surface area (Å²) in [5.74, 6) is 0. The minimum absolute atomic E-state index is 0.133. The highest BCUT2D eigenvalue weighted by atomic mass is 35.5. The molecular formula is C10H5Cl2N3O2S. The lowest BCUT2D eigenvalue weighted by Gasteiger charge is -2.03. The molecule has 5 nitrogen and oxygen atoms in total. The molecule has 0 aliphatic heterocycles. The SMILES string of the molecule is O=[N+]([O-])c1ccc(Cl)nc1Sc1ncccc1Cl. The van der Waals surface area contributed by atoms with E-state index in [-0.39, 0.29) is 15.9 Å². The van der Waals surface area contributed by atoms with Gasteiger partial charge in [0.2, 0.25) is 0 Å². The maximum Gasteiger partial charge on any atom is 0.301 e. The maximum atomic E-state index is 10.9. The first-order valence-corrected chi connectivity index (χ1v) is 6.24. The summed E-state index contributed by atoms with van der Waals surface area (Å²) in [6.07, 6.45) is 1.55. The smallest absolute Gasteiger partial charge is 0.258 e. The largest absolute Gasteiger partial charge is 0.301 e. The van der Waals surface area contributed by atoms with Crippen LogP contribution in [0.2, 0.25) is 10.2 Å². The third-order valence-corrected chi connectivity index (χ3v) is 3.56. The van der Waals surface area contributed by atoms with Gasteiger partial charge in [0.05, 0.1) is 9.95 Å². The summed E-state index contributed by atoms with van der Waals surface area (Å²) in [5.41, 5.74) is -0.133. The lowest BCUT2D eigenvalue weighted by molar-refractivity contribution is -0.388. The highest BCUT2D eigenvalue weighted by Gasteiger charge is 2.18. The lowest BCUT2D eigenvalue weighted by atomic mass is 10.4. The summed E-state index contributed by atoms with van der Waals surface area (Å²) < 4.78 is 0. The van der Waals surface area contributed by atoms with E-state index >= 15 is 0 Å². The average molecular weight is 302 g/mol. The second kappa shape index (κ2) is 5.51. The first kappa shape index (κ1) is 13.1. The topological polar surface area (TPSA) is 68.9 Å². The van der Waals surface area contributed by atoms with E-state index in [1.807, 2.05) is 0 Å². The summed E-state index contributed by atoms with van der Waals surface area (Å²) in [4.78, 5) is 18.3. The Labute approximate surface area is 116 Å². The average Bonchev–Trinajstić information content (AvgIpc) is 2.32. The van der Waals surface area contributed by atoms with Crippen molar-refractivity contribution in [2.75, 3.05) is 0 Å². The molecule has 2 aromatic heterocycles. The number of halogens is 2. The fraction of sp³-hybridized carbons (Fsp3) is 0. The molecule has 0 aliphatic carbocycles. The van der Waals surface area contributed by atoms with Crippen molar-refractivity contribution >= 4 is 40.7 Å². The van der Waals surface area contributed by atoms with E-state index < -0.39 is 4.92 Å². The predicted molar refractivity (Wildman–Crippen MR) is 69.3 cm³/mol. The van der Waals surface area contributed by atoms with Crippen LogP contribution >= 0.6 is 35.0 Å². The molecule has 92 valence electrons. The van der Waals surface area contributed by atoms with E-state index in [2.05, 4.69) is 9.97 Å². The molecule has 8 heteroatoms. The third kappa shape index (κ3) is 2.90. The van der Waals surface area contributed by atoms with Gasteiger partial charge >= 0.3 is 5.69 Å². The number of nitro groups is 1. The molecule has 18 heavy (non-hydrogen) atoms. The van der Waals surface area contributed by atoms with Gasteiger partial charge in [0, 0.05) is 12.3 Å². The third-order valence-electron chi connectivity index (χ3n) is 1.92. The Kier molecular flexibility index (Phi) is 4.00. The van der Waals surface area contributed by atoms with Crippen molar-refractivity contribution in [2.24, 2.45) is 0 Å². The van der Waals surface area contributed by atoms with E-state index in [4.69, 9.17) is 23.2 Å². The van der Waals surface area contributed by atoms with E-state index in [0.717, 1.165) is 11.8 Å². The molecule has 0 N–H and O–H groups in total. The molecule has 0 unspecified atom stereocenters. The Balaban J connectivity index is 2.42. The maximum absolute atomic E-state index is 10.9. The molecule has 0 spiro atoms. The lowest BCUT2D eigenvalue weighted by Crippen LogP contribution is -1.94. The van der Waals surface area contributed by atoms with Crippen molar-refractivity contribution in [1.29, 1.82) is 0 Å². The summed E-state index contributed by atoms with van der Waals surface area (Å²) in [6.45, 7) is 0. The van der Waals surface area contributed by atoms with Crippen LogP contribution in [-0.4, -0.2) is 14.9 Å². The highest BCUT2D eigenvalue weighted by molar-refractivity contribution is 7.99. The van der Waals surface area contributed by atoms with Crippen LogP contribution in [0.3, 0.4) is 0 Å². The minimum atomic E-state index is -0.525. The standard InChI is InChI=1S/C10H5Cl2N3O2S/c11-6-2-1-5-13-9(6)18-10-7(15(16)17)3-4-8(12)14-10/h1-5H. The Morgan fingerprint density at radius 1 is 1.22 bits per heavy atom. The molecule has 0 aromatic carbocycles. The highest BCUT2D eigenvalue weighted by Crippen LogP contribution is 2.35. The van der Waals surface area contributed by atoms with Gasteiger partial charge in [-0.2, -0.15) is 0 Å². The fourth-order valence-corrected chi connectivity index (χ4v) is 2.45. The summed E-state index contributed by atoms with van der Waals surface area (Å²) in [6, 6.07) is 5.98. The Hall–Kier alpha value is -1.37. The molecule has 2 heterocycles. The zero-order valence-corrected chi connectivity index (χ0v) is 11.0. The van der Waals surface area contributed by atoms with Crippen LogP contribution in [0.1, 0.15) is 0 Å². The summed E-state index contributed by atoms with van der Waals surface area (Å²) >= 11 is 12.7. The van der Waals surface area contributed by atoms with Gasteiger partial charge in [-0.05, 0) is 30.0 Å². The molecule has 0 radical (unpaired) electrons. The van der Waals surface area contributed by atoms with Crippen molar-refractivity contribution in [3.05, 3.63) is 50.8 Å². The quantitative estimate of drug-likeness (QED) is 0.489. The Bertz CT molecular complexity index is 609. The monoisotopic (exact) mass is 301 g/mol. The van der Waals surface area contributed by atoms with Gasteiger partial charge in [-0.1, -0.05) is 23.2 Å². The zero-order chi connectivity index (χ0) is 13.1. The van der Waals surface area contributed by atoms with Gasteiger partial charge in [0.1, 0.15) is 10.2 Å². The van der Waals surface area contributed by atoms with Crippen LogP contribution in [-0.2, 0) is 0 Å². The number of pyridine rings is 2. The van der Waals surface area contributed by atoms with Crippen LogP contribution in [0.25, 0.3) is 0 Å². The zero-order valence-electron chi connectivity index (χ0n) is 8.71. The molecule has 0 fully saturated rings. The van der Waals surface area contributed by atoms with Gasteiger partial charge in [0.15, 0.2) is 5.03 Å². The number of nitrogens with zero attached hydrogens (tertiary/aromatic N) is 3. The molecule has 0 saturated carbocycles. The Morgan fingerprint density at radius 2 is 2.00 bits per heavy atom. The second-order valence-corrected chi connectivity index (χ2v) is 4.88. The number of aromatic nitrogens is 2. The van der Waals surface area contributed by atoms with Gasteiger partial charge < -0.3 is 0 Å². The molecule has 2 aromatic rings. The van der Waals surface area contributed by atoms with Crippen molar-refractivity contribution < 1.29 is 4.92 Å². The van der Waals surface area contributed by atoms with Crippen molar-refractivity contribution in [3.63, 3.8) is 0 Å². The molecule has 0 aliphatic rings. The van der Waals surface area contributed by atoms with Gasteiger partial charge in [-0.3, -0.25) is 10.1 Å². The molecule has 0 amide bonds. The van der Waals surface area contributed by atoms with Crippen LogP contribution in [0.15, 0.2) is 40.5 Å². The summed E-state index contributed by atoms with van der Waals surface area (Å²) in [7, 11) is 0. The fourth-order valence-electron chi connectivity index (χ4n) is 1.16. The molecule has 0 saturated heterocycles. The van der Waals surface area contributed by atoms with Crippen LogP contribution < -0.4 is 0 Å². The van der Waals surface area contributed by atoms with Crippen molar-refractivity contribution in [3.8, 4) is 0 Å². The van der Waals surface area contributed by atoms with Gasteiger partial charge in [-0.25, -0.2) is 9.97 Å². The van der Waals surface area contributed by atoms with Gasteiger partial charge in [-0.15, -0.1) is 0 Å². The van der Waals surface area contributed by atoms with Gasteiger partial charge in [0.25, 0.3) is 0 Å². The Morgan fingerprint density at radius 3 is 2.67 bits per heavy atom. The predicted octanol–water partition coefficient (Wildman–Crippen LogP) is 3.84. The number of hydrogen-bond acceptors (Lipinski definition) is 5. The van der Waals surface area contributed by atoms with E-state index in [1.54, 1.807) is 18.3 Å². The first-order chi connectivity index (χ1) is 8.58. The molecular weight excluding hydrogens is 297 g/mol. The summed E-state index contributed by atoms with van der Waals surface area (Å²) in [5, 5.41) is 12.0. The number of hydrogen-bond donors (Lipinski definition) is 0. The normalized spacial score (nSPS) is 10.3. The van der Waals surface area contributed by atoms with Crippen molar-refractivity contribution in [1.82, 2.24) is 9.97 Å². The van der Waals surface area contributed by atoms with Crippen LogP contribution in [0, 0.1) is 10.1 Å². The van der Waals surface area contributed by atoms with E-state index in [0.29, 0.717) is 10.0 Å². The minimum Gasteiger partial charge on any atom is -0.258 e. The van der Waals surface area contributed by atoms with E-state index in [9.17, 15) is 10.1 Å². The van der Waals surface area contributed by atoms with Crippen molar-refractivity contribution in [2.45, 2.75) is 10.1 Å². The molecule has 0 bridgehead atoms. The van der Waals surface area contributed by atoms with E-state index in [1.165, 1.54) is 12.1 Å². The van der Waals surface area contributed by atoms with Crippen LogP contribution in [0.4, 0.5) is 5.69 Å².